The predicted molar refractivity (Wildman–Crippen MR) is 102 cm³/mol. The minimum Gasteiger partial charge on any atom is -0.449 e. The molecule has 3 aromatic rings. The summed E-state index contributed by atoms with van der Waals surface area (Å²) in [5.74, 6) is -1.85. The molecule has 0 bridgehead atoms. The van der Waals surface area contributed by atoms with Crippen molar-refractivity contribution < 1.29 is 18.7 Å². The van der Waals surface area contributed by atoms with E-state index in [9.17, 15) is 14.4 Å². The van der Waals surface area contributed by atoms with E-state index in [1.54, 1.807) is 24.3 Å². The van der Waals surface area contributed by atoms with Gasteiger partial charge in [-0.3, -0.25) is 9.59 Å². The maximum absolute atomic E-state index is 12.3. The van der Waals surface area contributed by atoms with Crippen LogP contribution in [0.4, 0.5) is 5.69 Å². The first-order chi connectivity index (χ1) is 13.4. The molecule has 0 aliphatic heterocycles. The van der Waals surface area contributed by atoms with Gasteiger partial charge in [0.15, 0.2) is 11.5 Å². The molecule has 0 spiro atoms. The lowest BCUT2D eigenvalue weighted by atomic mass is 10.2. The lowest BCUT2D eigenvalue weighted by Gasteiger charge is -2.13. The van der Waals surface area contributed by atoms with E-state index in [0.29, 0.717) is 16.3 Å². The summed E-state index contributed by atoms with van der Waals surface area (Å²) in [7, 11) is 0. The van der Waals surface area contributed by atoms with Crippen molar-refractivity contribution in [2.75, 3.05) is 5.32 Å². The van der Waals surface area contributed by atoms with Crippen LogP contribution in [-0.4, -0.2) is 18.0 Å². The minimum absolute atomic E-state index is 0.179. The van der Waals surface area contributed by atoms with Crippen LogP contribution in [0.2, 0.25) is 5.02 Å². The number of carbonyl (C=O) groups excluding carboxylic acids is 2. The van der Waals surface area contributed by atoms with Crippen LogP contribution >= 0.6 is 11.6 Å². The zero-order valence-electron chi connectivity index (χ0n) is 14.6. The summed E-state index contributed by atoms with van der Waals surface area (Å²) in [5.41, 5.74) is 0.620. The van der Waals surface area contributed by atoms with Gasteiger partial charge in [0.2, 0.25) is 5.76 Å². The third kappa shape index (κ3) is 4.19. The van der Waals surface area contributed by atoms with Gasteiger partial charge in [-0.15, -0.1) is 0 Å². The SMILES string of the molecule is C[C@@H](OC(=O)c1cc(=O)c2cc(Cl)ccc2o1)C(=O)Nc1ccc(C#N)cc1. The average molecular weight is 397 g/mol. The molecular formula is C20H13ClN2O5. The molecule has 140 valence electrons. The number of benzene rings is 2. The highest BCUT2D eigenvalue weighted by atomic mass is 35.5. The van der Waals surface area contributed by atoms with Crippen LogP contribution in [0.15, 0.2) is 57.7 Å². The summed E-state index contributed by atoms with van der Waals surface area (Å²) in [5, 5.41) is 11.9. The van der Waals surface area contributed by atoms with E-state index in [2.05, 4.69) is 5.32 Å². The fourth-order valence-corrected chi connectivity index (χ4v) is 2.55. The molecule has 1 atom stereocenters. The second-order valence-corrected chi connectivity index (χ2v) is 6.28. The Balaban J connectivity index is 1.72. The summed E-state index contributed by atoms with van der Waals surface area (Å²) >= 11 is 5.85. The summed E-state index contributed by atoms with van der Waals surface area (Å²) in [6, 6.07) is 13.6. The van der Waals surface area contributed by atoms with Gasteiger partial charge >= 0.3 is 5.97 Å². The van der Waals surface area contributed by atoms with Gasteiger partial charge in [0, 0.05) is 16.8 Å². The zero-order valence-corrected chi connectivity index (χ0v) is 15.3. The molecule has 28 heavy (non-hydrogen) atoms. The van der Waals surface area contributed by atoms with Crippen molar-refractivity contribution in [1.29, 1.82) is 5.26 Å². The Morgan fingerprint density at radius 2 is 1.89 bits per heavy atom. The fraction of sp³-hybridized carbons (Fsp3) is 0.100. The highest BCUT2D eigenvalue weighted by Crippen LogP contribution is 2.18. The maximum Gasteiger partial charge on any atom is 0.375 e. The van der Waals surface area contributed by atoms with Gasteiger partial charge in [-0.05, 0) is 49.4 Å². The van der Waals surface area contributed by atoms with Crippen molar-refractivity contribution in [2.45, 2.75) is 13.0 Å². The Kier molecular flexibility index (Phi) is 5.43. The Morgan fingerprint density at radius 3 is 2.57 bits per heavy atom. The van der Waals surface area contributed by atoms with Gasteiger partial charge in [-0.2, -0.15) is 5.26 Å². The van der Waals surface area contributed by atoms with Crippen molar-refractivity contribution in [3.8, 4) is 6.07 Å². The Hall–Kier alpha value is -3.63. The number of ether oxygens (including phenoxy) is 1. The van der Waals surface area contributed by atoms with E-state index < -0.39 is 23.4 Å². The molecule has 0 aliphatic rings. The minimum atomic E-state index is -1.14. The molecule has 1 heterocycles. The van der Waals surface area contributed by atoms with Gasteiger partial charge in [-0.1, -0.05) is 11.6 Å². The Bertz CT molecular complexity index is 1160. The van der Waals surface area contributed by atoms with Gasteiger partial charge in [-0.25, -0.2) is 4.79 Å². The number of esters is 1. The number of nitrogens with zero attached hydrogens (tertiary/aromatic N) is 1. The van der Waals surface area contributed by atoms with E-state index in [4.69, 9.17) is 26.0 Å². The third-order valence-electron chi connectivity index (χ3n) is 3.82. The Morgan fingerprint density at radius 1 is 1.18 bits per heavy atom. The molecule has 1 amide bonds. The van der Waals surface area contributed by atoms with Crippen LogP contribution in [0.1, 0.15) is 23.0 Å². The van der Waals surface area contributed by atoms with Crippen LogP contribution in [0.3, 0.4) is 0 Å². The quantitative estimate of drug-likeness (QED) is 0.676. The van der Waals surface area contributed by atoms with E-state index in [0.717, 1.165) is 6.07 Å². The second-order valence-electron chi connectivity index (χ2n) is 5.84. The monoisotopic (exact) mass is 396 g/mol. The lowest BCUT2D eigenvalue weighted by Crippen LogP contribution is -2.30. The Labute approximate surface area is 164 Å². The number of amides is 1. The summed E-state index contributed by atoms with van der Waals surface area (Å²) in [6.07, 6.45) is -1.14. The van der Waals surface area contributed by atoms with E-state index in [1.165, 1.54) is 25.1 Å². The van der Waals surface area contributed by atoms with Gasteiger partial charge in [0.1, 0.15) is 5.58 Å². The van der Waals surface area contributed by atoms with Gasteiger partial charge in [0.05, 0.1) is 17.0 Å². The molecule has 7 nitrogen and oxygen atoms in total. The van der Waals surface area contributed by atoms with E-state index >= 15 is 0 Å². The maximum atomic E-state index is 12.3. The summed E-state index contributed by atoms with van der Waals surface area (Å²) < 4.78 is 10.5. The van der Waals surface area contributed by atoms with Crippen molar-refractivity contribution in [3.05, 3.63) is 75.1 Å². The van der Waals surface area contributed by atoms with Gasteiger partial charge < -0.3 is 14.5 Å². The molecule has 8 heteroatoms. The van der Waals surface area contributed by atoms with Crippen LogP contribution in [0.5, 0.6) is 0 Å². The van der Waals surface area contributed by atoms with E-state index in [-0.39, 0.29) is 16.7 Å². The standard InChI is InChI=1S/C20H13ClN2O5/c1-11(19(25)23-14-5-2-12(10-22)3-6-14)27-20(26)18-9-16(24)15-8-13(21)4-7-17(15)28-18/h2-9,11H,1H3,(H,23,25)/t11-/m1/s1. The number of rotatable bonds is 4. The first-order valence-corrected chi connectivity index (χ1v) is 8.50. The lowest BCUT2D eigenvalue weighted by molar-refractivity contribution is -0.123. The third-order valence-corrected chi connectivity index (χ3v) is 4.06. The van der Waals surface area contributed by atoms with Crippen molar-refractivity contribution in [1.82, 2.24) is 0 Å². The smallest absolute Gasteiger partial charge is 0.375 e. The number of nitrogens with one attached hydrogen (secondary N) is 1. The molecule has 0 fully saturated rings. The largest absolute Gasteiger partial charge is 0.449 e. The molecule has 1 aromatic heterocycles. The van der Waals surface area contributed by atoms with Crippen LogP contribution < -0.4 is 10.7 Å². The van der Waals surface area contributed by atoms with Crippen LogP contribution in [-0.2, 0) is 9.53 Å². The molecule has 0 saturated carbocycles. The zero-order chi connectivity index (χ0) is 20.3. The van der Waals surface area contributed by atoms with Crippen molar-refractivity contribution in [3.63, 3.8) is 0 Å². The number of halogens is 1. The molecule has 1 N–H and O–H groups in total. The average Bonchev–Trinajstić information content (AvgIpc) is 2.68. The predicted octanol–water partition coefficient (Wildman–Crippen LogP) is 3.50. The molecule has 0 aliphatic carbocycles. The molecule has 0 saturated heterocycles. The molecule has 0 radical (unpaired) electrons. The number of nitriles is 1. The fourth-order valence-electron chi connectivity index (χ4n) is 2.37. The number of anilines is 1. The first kappa shape index (κ1) is 19.1. The molecule has 2 aromatic carbocycles. The summed E-state index contributed by atoms with van der Waals surface area (Å²) in [6.45, 7) is 1.38. The molecule has 0 unspecified atom stereocenters. The highest BCUT2D eigenvalue weighted by Gasteiger charge is 2.21. The topological polar surface area (TPSA) is 109 Å². The summed E-state index contributed by atoms with van der Waals surface area (Å²) in [4.78, 5) is 36.6. The van der Waals surface area contributed by atoms with Crippen LogP contribution in [0.25, 0.3) is 11.0 Å². The second kappa shape index (κ2) is 7.94. The van der Waals surface area contributed by atoms with E-state index in [1.807, 2.05) is 6.07 Å². The number of fused-ring (bicyclic) bond motifs is 1. The van der Waals surface area contributed by atoms with Crippen molar-refractivity contribution in [2.24, 2.45) is 0 Å². The number of carbonyl (C=O) groups is 2. The molecular weight excluding hydrogens is 384 g/mol. The van der Waals surface area contributed by atoms with Crippen molar-refractivity contribution >= 4 is 40.1 Å². The first-order valence-electron chi connectivity index (χ1n) is 8.13. The molecule has 3 rings (SSSR count). The normalized spacial score (nSPS) is 11.5. The highest BCUT2D eigenvalue weighted by molar-refractivity contribution is 6.31. The van der Waals surface area contributed by atoms with Crippen LogP contribution in [0, 0.1) is 11.3 Å². The number of hydrogen-bond acceptors (Lipinski definition) is 6. The van der Waals surface area contributed by atoms with Gasteiger partial charge in [0.25, 0.3) is 5.91 Å². The number of hydrogen-bond donors (Lipinski definition) is 1.